The fourth-order valence-corrected chi connectivity index (χ4v) is 21.7. The van der Waals surface area contributed by atoms with Crippen molar-refractivity contribution in [2.45, 2.75) is 6.42 Å². The molecule has 0 radical (unpaired) electrons. The minimum Gasteiger partial charge on any atom is -0.310 e. The zero-order valence-corrected chi connectivity index (χ0v) is 68.5. The normalized spacial score (nSPS) is 14.5. The second-order valence-corrected chi connectivity index (χ2v) is 34.1. The van der Waals surface area contributed by atoms with E-state index in [2.05, 4.69) is 319 Å². The molecule has 590 valence electrons. The summed E-state index contributed by atoms with van der Waals surface area (Å²) in [6.45, 7) is -0.874. The Hall–Kier alpha value is -16.6. The van der Waals surface area contributed by atoms with E-state index in [1.54, 1.807) is 9.13 Å². The van der Waals surface area contributed by atoms with E-state index < -0.39 is 103 Å². The highest BCUT2D eigenvalue weighted by atomic mass is 15.2. The third-order valence-corrected chi connectivity index (χ3v) is 27.5. The summed E-state index contributed by atoms with van der Waals surface area (Å²) in [6, 6.07) is 114. The van der Waals surface area contributed by atoms with Crippen molar-refractivity contribution in [2.24, 2.45) is 0 Å². The number of anilines is 6. The number of para-hydroxylation sites is 6. The summed E-state index contributed by atoms with van der Waals surface area (Å²) in [5, 5.41) is 16.2. The molecule has 25 aromatic rings. The van der Waals surface area contributed by atoms with Gasteiger partial charge in [-0.15, -0.1) is 0 Å². The summed E-state index contributed by atoms with van der Waals surface area (Å²) < 4.78 is 159. The first-order valence-corrected chi connectivity index (χ1v) is 43.3. The molecule has 0 saturated carbocycles. The van der Waals surface area contributed by atoms with Gasteiger partial charge in [-0.25, -0.2) is 0 Å². The molecular weight excluding hydrogens is 1540 g/mol. The van der Waals surface area contributed by atoms with Gasteiger partial charge in [0.2, 0.25) is 0 Å². The number of rotatable bonds is 9. The fraction of sp³-hybridized carbons (Fsp3) is 0.00813. The number of benzene rings is 23. The van der Waals surface area contributed by atoms with Crippen molar-refractivity contribution >= 4 is 187 Å². The summed E-state index contributed by atoms with van der Waals surface area (Å²) in [5.74, 6) is 0. The molecule has 1 aliphatic carbocycles. The maximum absolute atomic E-state index is 10.2. The fourth-order valence-electron chi connectivity index (χ4n) is 21.7. The molecule has 0 atom stereocenters. The van der Waals surface area contributed by atoms with Crippen LogP contribution in [0.5, 0.6) is 0 Å². The van der Waals surface area contributed by atoms with Crippen molar-refractivity contribution in [2.75, 3.05) is 9.80 Å². The number of fused-ring (bicyclic) bond motifs is 25. The molecule has 0 amide bonds. The predicted octanol–water partition coefficient (Wildman–Crippen LogP) is 31.1. The second kappa shape index (κ2) is 27.5. The van der Waals surface area contributed by atoms with Crippen LogP contribution in [0, 0.1) is 0 Å². The first kappa shape index (κ1) is 57.0. The zero-order chi connectivity index (χ0) is 97.4. The molecule has 23 aromatic carbocycles. The van der Waals surface area contributed by atoms with Crippen molar-refractivity contribution in [3.63, 3.8) is 0 Å². The number of aromatic nitrogens is 2. The molecule has 0 spiro atoms. The molecule has 5 heteroatoms. The highest BCUT2D eigenvalue weighted by Crippen LogP contribution is 2.56. The molecule has 0 saturated heterocycles. The maximum atomic E-state index is 10.2. The quantitative estimate of drug-likeness (QED) is 0.106. The number of nitrogens with zero attached hydrogens (tertiary/aromatic N) is 4. The third-order valence-electron chi connectivity index (χ3n) is 27.5. The van der Waals surface area contributed by atoms with Gasteiger partial charge in [-0.2, -0.15) is 0 Å². The molecule has 28 rings (SSSR count). The van der Waals surface area contributed by atoms with Gasteiger partial charge in [0.05, 0.1) is 55.4 Å². The van der Waals surface area contributed by atoms with Crippen LogP contribution in [0.25, 0.3) is 208 Å². The Balaban J connectivity index is 0.842. The molecule has 0 unspecified atom stereocenters. The summed E-state index contributed by atoms with van der Waals surface area (Å²) in [6.07, 6.45) is 0.705. The maximum Gasteiger partial charge on any atom is 0.252 e. The molecule has 2 aliphatic heterocycles. The lowest BCUT2D eigenvalue weighted by atomic mass is 9.33. The molecule has 128 heavy (non-hydrogen) atoms. The van der Waals surface area contributed by atoms with E-state index in [0.717, 1.165) is 175 Å². The zero-order valence-electron chi connectivity index (χ0n) is 84.5. The Morgan fingerprint density at radius 2 is 0.523 bits per heavy atom. The van der Waals surface area contributed by atoms with Gasteiger partial charge in [0, 0.05) is 77.9 Å². The van der Waals surface area contributed by atoms with Gasteiger partial charge in [0.15, 0.2) is 0 Å². The monoisotopic (exact) mass is 1630 g/mol. The highest BCUT2D eigenvalue weighted by Gasteiger charge is 2.46. The van der Waals surface area contributed by atoms with Crippen molar-refractivity contribution in [3.8, 4) is 78.1 Å². The van der Waals surface area contributed by atoms with Gasteiger partial charge in [-0.1, -0.05) is 352 Å². The largest absolute Gasteiger partial charge is 0.310 e. The standard InChI is InChI=1S/C123H75BN4/c1-6-26-93-75(21-1)43-47-79-51-56-86(67-106(79)93)98-35-19-36-99(87-57-52-80-48-44-76-22-2-7-27-94(76)107(80)68-87)122(98)127-117-73-91(125-113-39-15-11-31-102(113)103-32-12-16-40-114(103)125)61-63-111(117)124-112-64-62-92(126-115-41-17-13-33-104(115)105-34-14-18-42-116(105)126)74-118(112)128(120-72-90(71-119(127)121(120)124)83-55-60-85-65-84-25-5-10-30-97(84)110(85)66-83)123-100(88-58-53-81-49-45-77-23-3-8-28-95(77)108(81)69-88)37-20-38-101(123)89-59-54-82-50-46-78-24-4-9-29-96(78)109(82)70-89/h1-64,66-74H,65H2/i11D,12D,13D,14D,15D,16D,17D,18D,31D,32D,33D,34D,39D,40D,41D,42D. The Labute approximate surface area is 761 Å². The molecule has 4 heterocycles. The van der Waals surface area contributed by atoms with E-state index in [9.17, 15) is 21.9 Å². The average Bonchev–Trinajstić information content (AvgIpc) is 1.52. The van der Waals surface area contributed by atoms with E-state index in [1.807, 2.05) is 36.4 Å². The van der Waals surface area contributed by atoms with E-state index in [-0.39, 0.29) is 55.0 Å². The van der Waals surface area contributed by atoms with Crippen LogP contribution in [0.3, 0.4) is 0 Å². The summed E-state index contributed by atoms with van der Waals surface area (Å²) in [4.78, 5) is 4.77. The molecular formula is C123H75BN4. The third kappa shape index (κ3) is 10.5. The van der Waals surface area contributed by atoms with Crippen LogP contribution in [-0.2, 0) is 6.42 Å². The van der Waals surface area contributed by atoms with E-state index in [1.165, 1.54) is 5.56 Å². The highest BCUT2D eigenvalue weighted by molar-refractivity contribution is 7.00. The van der Waals surface area contributed by atoms with Crippen molar-refractivity contribution < 1.29 is 21.9 Å². The molecule has 3 aliphatic rings. The number of hydrogen-bond donors (Lipinski definition) is 0. The number of hydrogen-bond acceptors (Lipinski definition) is 2. The first-order valence-electron chi connectivity index (χ1n) is 51.3. The topological polar surface area (TPSA) is 16.3 Å². The Kier molecular flexibility index (Phi) is 12.2. The molecule has 0 fully saturated rings. The van der Waals surface area contributed by atoms with Gasteiger partial charge in [0.25, 0.3) is 6.71 Å². The van der Waals surface area contributed by atoms with E-state index in [4.69, 9.17) is 0 Å². The van der Waals surface area contributed by atoms with Gasteiger partial charge in [-0.3, -0.25) is 0 Å². The summed E-state index contributed by atoms with van der Waals surface area (Å²) in [5.41, 5.74) is 19.3. The Morgan fingerprint density at radius 3 is 0.906 bits per heavy atom. The summed E-state index contributed by atoms with van der Waals surface area (Å²) >= 11 is 0. The van der Waals surface area contributed by atoms with E-state index in [0.29, 0.717) is 40.1 Å². The van der Waals surface area contributed by atoms with Crippen LogP contribution < -0.4 is 26.2 Å². The van der Waals surface area contributed by atoms with Gasteiger partial charge in [-0.05, 0) is 256 Å². The van der Waals surface area contributed by atoms with Crippen molar-refractivity contribution in [1.82, 2.24) is 9.13 Å². The van der Waals surface area contributed by atoms with Crippen LogP contribution in [0.4, 0.5) is 34.1 Å². The van der Waals surface area contributed by atoms with Crippen LogP contribution in [0.2, 0.25) is 0 Å². The Bertz CT molecular complexity index is 9280. The first-order chi connectivity index (χ1) is 70.1. The van der Waals surface area contributed by atoms with Crippen LogP contribution >= 0.6 is 0 Å². The van der Waals surface area contributed by atoms with Gasteiger partial charge in [0.1, 0.15) is 0 Å². The molecule has 0 N–H and O–H groups in total. The van der Waals surface area contributed by atoms with Crippen LogP contribution in [0.1, 0.15) is 33.1 Å². The molecule has 0 bridgehead atoms. The van der Waals surface area contributed by atoms with Crippen molar-refractivity contribution in [3.05, 3.63) is 454 Å². The van der Waals surface area contributed by atoms with Gasteiger partial charge >= 0.3 is 0 Å². The minimum absolute atomic E-state index is 0.0685. The SMILES string of the molecule is [2H]c1c([2H])c([2H])c2c(c1[2H])c1c([2H])c([2H])c([2H])c([2H])c1n2-c1ccc2c(c1)N(c1c(-c3ccc4ccc5ccccc5c4c3)cccc1-c1ccc3ccc4ccccc4c3c1)c1cc(-c3ccc4c(c3)-c3ccccc3C4)cc3c1B2c1ccc(-n2c4c([2H])c([2H])c([2H])c([2H])c4c4c([2H])c([2H])c([2H])c([2H])c42)cc1N3c1c(-c2ccc3ccc4ccccc4c3c2)cccc1-c1ccc2ccc3ccccc3c2c1. The lowest BCUT2D eigenvalue weighted by Crippen LogP contribution is -2.61. The van der Waals surface area contributed by atoms with Crippen LogP contribution in [0.15, 0.2) is 442 Å². The Morgan fingerprint density at radius 1 is 0.211 bits per heavy atom. The predicted molar refractivity (Wildman–Crippen MR) is 545 cm³/mol. The molecule has 4 nitrogen and oxygen atoms in total. The van der Waals surface area contributed by atoms with Crippen molar-refractivity contribution in [1.29, 1.82) is 0 Å². The smallest absolute Gasteiger partial charge is 0.252 e. The molecule has 2 aromatic heterocycles. The summed E-state index contributed by atoms with van der Waals surface area (Å²) in [7, 11) is 0. The second-order valence-electron chi connectivity index (χ2n) is 34.1. The lowest BCUT2D eigenvalue weighted by Gasteiger charge is -2.46. The average molecular weight is 1640 g/mol. The van der Waals surface area contributed by atoms with Gasteiger partial charge < -0.3 is 18.9 Å². The lowest BCUT2D eigenvalue weighted by molar-refractivity contribution is 1.17. The minimum atomic E-state index is -0.874. The van der Waals surface area contributed by atoms with E-state index >= 15 is 0 Å². The van der Waals surface area contributed by atoms with Crippen LogP contribution in [-0.4, -0.2) is 15.8 Å².